The van der Waals surface area contributed by atoms with Gasteiger partial charge in [0, 0.05) is 29.1 Å². The summed E-state index contributed by atoms with van der Waals surface area (Å²) in [4.78, 5) is 1.96. The van der Waals surface area contributed by atoms with Gasteiger partial charge in [0.1, 0.15) is 11.5 Å². The van der Waals surface area contributed by atoms with E-state index in [-0.39, 0.29) is 6.10 Å². The highest BCUT2D eigenvalue weighted by molar-refractivity contribution is 6.39. The predicted octanol–water partition coefficient (Wildman–Crippen LogP) is 5.52. The lowest BCUT2D eigenvalue weighted by molar-refractivity contribution is -0.0143. The Bertz CT molecular complexity index is 900. The third kappa shape index (κ3) is 3.18. The quantitative estimate of drug-likeness (QED) is 0.599. The predicted molar refractivity (Wildman–Crippen MR) is 106 cm³/mol. The van der Waals surface area contributed by atoms with Gasteiger partial charge >= 0.3 is 0 Å². The molecule has 5 nitrogen and oxygen atoms in total. The highest BCUT2D eigenvalue weighted by atomic mass is 35.5. The van der Waals surface area contributed by atoms with Crippen LogP contribution in [0.15, 0.2) is 22.7 Å². The molecule has 7 heteroatoms. The molecule has 2 atom stereocenters. The van der Waals surface area contributed by atoms with Crippen LogP contribution in [0.2, 0.25) is 10.0 Å². The monoisotopic (exact) mass is 417 g/mol. The first kappa shape index (κ1) is 18.3. The summed E-state index contributed by atoms with van der Waals surface area (Å²) in [6.45, 7) is 0.433. The normalized spacial score (nSPS) is 26.5. The fourth-order valence-electron chi connectivity index (χ4n) is 4.68. The van der Waals surface area contributed by atoms with Crippen molar-refractivity contribution in [2.75, 3.05) is 0 Å². The lowest BCUT2D eigenvalue weighted by Crippen LogP contribution is -2.42. The molecule has 1 aliphatic carbocycles. The second-order valence-electron chi connectivity index (χ2n) is 8.04. The molecule has 0 N–H and O–H groups in total. The Hall–Kier alpha value is -1.74. The average Bonchev–Trinajstić information content (AvgIpc) is 3.39. The van der Waals surface area contributed by atoms with Gasteiger partial charge in [-0.05, 0) is 50.7 Å². The summed E-state index contributed by atoms with van der Waals surface area (Å²) in [5.41, 5.74) is 2.36. The zero-order valence-electron chi connectivity index (χ0n) is 15.4. The summed E-state index contributed by atoms with van der Waals surface area (Å²) in [5.74, 6) is 1.32. The number of benzene rings is 1. The molecule has 1 aromatic carbocycles. The lowest BCUT2D eigenvalue weighted by atomic mass is 10.00. The van der Waals surface area contributed by atoms with Gasteiger partial charge in [-0.2, -0.15) is 5.26 Å². The minimum Gasteiger partial charge on any atom is -0.373 e. The number of hydrogen-bond acceptors (Lipinski definition) is 5. The molecule has 5 rings (SSSR count). The van der Waals surface area contributed by atoms with E-state index in [0.717, 1.165) is 49.8 Å². The zero-order valence-corrected chi connectivity index (χ0v) is 16.9. The van der Waals surface area contributed by atoms with Crippen LogP contribution in [0.25, 0.3) is 11.3 Å². The number of ether oxygens (including phenoxy) is 1. The Labute approximate surface area is 174 Å². The largest absolute Gasteiger partial charge is 0.373 e. The molecule has 0 spiro atoms. The standard InChI is InChI=1S/C21H21Cl2N3O2/c22-17-2-1-3-18(23)19(17)20-16(21(28-25-20)12-4-5-12)10-27-15-8-13-6-7-14(9-15)26(13)11-24/h1-3,12-15H,4-10H2. The van der Waals surface area contributed by atoms with E-state index in [9.17, 15) is 5.26 Å². The first-order valence-corrected chi connectivity index (χ1v) is 10.6. The molecule has 2 bridgehead atoms. The molecule has 3 fully saturated rings. The maximum absolute atomic E-state index is 9.35. The molecule has 0 amide bonds. The van der Waals surface area contributed by atoms with E-state index in [2.05, 4.69) is 11.3 Å². The van der Waals surface area contributed by atoms with Crippen LogP contribution in [-0.4, -0.2) is 28.2 Å². The van der Waals surface area contributed by atoms with E-state index in [1.54, 1.807) is 0 Å². The molecule has 146 valence electrons. The number of halogens is 2. The van der Waals surface area contributed by atoms with Crippen molar-refractivity contribution in [2.45, 2.75) is 69.2 Å². The molecule has 2 unspecified atom stereocenters. The maximum atomic E-state index is 9.35. The molecule has 28 heavy (non-hydrogen) atoms. The van der Waals surface area contributed by atoms with Crippen LogP contribution in [0.5, 0.6) is 0 Å². The van der Waals surface area contributed by atoms with E-state index in [1.807, 2.05) is 23.1 Å². The minimum atomic E-state index is 0.152. The summed E-state index contributed by atoms with van der Waals surface area (Å²) < 4.78 is 12.1. The first-order chi connectivity index (χ1) is 13.7. The number of hydrogen-bond donors (Lipinski definition) is 0. The van der Waals surface area contributed by atoms with Gasteiger partial charge in [0.15, 0.2) is 6.19 Å². The molecule has 1 saturated carbocycles. The number of aromatic nitrogens is 1. The van der Waals surface area contributed by atoms with E-state index in [4.69, 9.17) is 32.5 Å². The smallest absolute Gasteiger partial charge is 0.179 e. The molecule has 3 heterocycles. The Morgan fingerprint density at radius 3 is 2.43 bits per heavy atom. The van der Waals surface area contributed by atoms with Crippen molar-refractivity contribution >= 4 is 23.2 Å². The number of nitriles is 1. The molecular formula is C21H21Cl2N3O2. The zero-order chi connectivity index (χ0) is 19.3. The highest BCUT2D eigenvalue weighted by Crippen LogP contribution is 2.46. The fraction of sp³-hybridized carbons (Fsp3) is 0.524. The topological polar surface area (TPSA) is 62.3 Å². The second-order valence-corrected chi connectivity index (χ2v) is 8.86. The Kier molecular flexibility index (Phi) is 4.74. The molecule has 2 saturated heterocycles. The van der Waals surface area contributed by atoms with Crippen LogP contribution in [0, 0.1) is 11.5 Å². The summed E-state index contributed by atoms with van der Waals surface area (Å²) >= 11 is 12.8. The van der Waals surface area contributed by atoms with E-state index in [1.165, 1.54) is 0 Å². The molecule has 2 aromatic rings. The Morgan fingerprint density at radius 1 is 1.14 bits per heavy atom. The Morgan fingerprint density at radius 2 is 1.82 bits per heavy atom. The molecular weight excluding hydrogens is 397 g/mol. The lowest BCUT2D eigenvalue weighted by Gasteiger charge is -2.35. The van der Waals surface area contributed by atoms with E-state index in [0.29, 0.717) is 45.9 Å². The van der Waals surface area contributed by atoms with Crippen LogP contribution in [-0.2, 0) is 11.3 Å². The number of nitrogens with zero attached hydrogens (tertiary/aromatic N) is 3. The van der Waals surface area contributed by atoms with Gasteiger partial charge in [-0.15, -0.1) is 0 Å². The van der Waals surface area contributed by atoms with Crippen molar-refractivity contribution in [1.29, 1.82) is 5.26 Å². The first-order valence-electron chi connectivity index (χ1n) is 9.88. The van der Waals surface area contributed by atoms with Gasteiger partial charge in [0.05, 0.1) is 22.8 Å². The Balaban J connectivity index is 1.39. The minimum absolute atomic E-state index is 0.152. The third-order valence-electron chi connectivity index (χ3n) is 6.23. The van der Waals surface area contributed by atoms with Crippen LogP contribution in [0.4, 0.5) is 0 Å². The van der Waals surface area contributed by atoms with Crippen LogP contribution in [0.3, 0.4) is 0 Å². The van der Waals surface area contributed by atoms with E-state index < -0.39 is 0 Å². The van der Waals surface area contributed by atoms with Crippen LogP contribution in [0.1, 0.15) is 55.8 Å². The number of piperidine rings is 1. The van der Waals surface area contributed by atoms with Crippen molar-refractivity contribution in [3.63, 3.8) is 0 Å². The summed E-state index contributed by atoms with van der Waals surface area (Å²) in [7, 11) is 0. The SMILES string of the molecule is N#CN1C2CCC1CC(OCc1c(-c3c(Cl)cccc3Cl)noc1C1CC1)C2. The summed E-state index contributed by atoms with van der Waals surface area (Å²) in [6.07, 6.45) is 8.70. The van der Waals surface area contributed by atoms with E-state index >= 15 is 0 Å². The van der Waals surface area contributed by atoms with Gasteiger partial charge in [-0.1, -0.05) is 34.4 Å². The van der Waals surface area contributed by atoms with Crippen molar-refractivity contribution in [3.05, 3.63) is 39.6 Å². The number of fused-ring (bicyclic) bond motifs is 2. The van der Waals surface area contributed by atoms with Crippen LogP contribution >= 0.6 is 23.2 Å². The van der Waals surface area contributed by atoms with Gasteiger partial charge in [-0.25, -0.2) is 0 Å². The van der Waals surface area contributed by atoms with Crippen LogP contribution < -0.4 is 0 Å². The molecule has 2 aliphatic heterocycles. The van der Waals surface area contributed by atoms with Gasteiger partial charge in [0.2, 0.25) is 0 Å². The van der Waals surface area contributed by atoms with Gasteiger partial charge in [0.25, 0.3) is 0 Å². The highest BCUT2D eigenvalue weighted by Gasteiger charge is 2.41. The number of rotatable bonds is 5. The summed E-state index contributed by atoms with van der Waals surface area (Å²) in [6, 6.07) is 6.08. The molecule has 3 aliphatic rings. The molecule has 1 aromatic heterocycles. The molecule has 0 radical (unpaired) electrons. The second kappa shape index (κ2) is 7.26. The van der Waals surface area contributed by atoms with Gasteiger partial charge in [-0.3, -0.25) is 0 Å². The third-order valence-corrected chi connectivity index (χ3v) is 6.86. The average molecular weight is 418 g/mol. The van der Waals surface area contributed by atoms with Crippen molar-refractivity contribution < 1.29 is 9.26 Å². The van der Waals surface area contributed by atoms with Crippen molar-refractivity contribution in [2.24, 2.45) is 0 Å². The van der Waals surface area contributed by atoms with Crippen molar-refractivity contribution in [3.8, 4) is 17.5 Å². The maximum Gasteiger partial charge on any atom is 0.179 e. The summed E-state index contributed by atoms with van der Waals surface area (Å²) in [5, 5.41) is 14.8. The van der Waals surface area contributed by atoms with Crippen molar-refractivity contribution in [1.82, 2.24) is 10.1 Å². The van der Waals surface area contributed by atoms with Gasteiger partial charge < -0.3 is 14.2 Å². The fourth-order valence-corrected chi connectivity index (χ4v) is 5.25.